The zero-order chi connectivity index (χ0) is 21.9. The summed E-state index contributed by atoms with van der Waals surface area (Å²) >= 11 is 0. The second-order valence-electron chi connectivity index (χ2n) is 6.43. The van der Waals surface area contributed by atoms with E-state index < -0.39 is 18.4 Å². The summed E-state index contributed by atoms with van der Waals surface area (Å²) in [5, 5.41) is 2.52. The summed E-state index contributed by atoms with van der Waals surface area (Å²) in [6, 6.07) is 11.0. The highest BCUT2D eigenvalue weighted by molar-refractivity contribution is 6.03. The Bertz CT molecular complexity index is 1030. The predicted molar refractivity (Wildman–Crippen MR) is 102 cm³/mol. The summed E-state index contributed by atoms with van der Waals surface area (Å²) in [7, 11) is 0. The lowest BCUT2D eigenvalue weighted by Gasteiger charge is -2.15. The highest BCUT2D eigenvalue weighted by Crippen LogP contribution is 2.33. The molecule has 1 N–H and O–H groups in total. The van der Waals surface area contributed by atoms with Gasteiger partial charge in [-0.15, -0.1) is 0 Å². The van der Waals surface area contributed by atoms with Gasteiger partial charge in [-0.25, -0.2) is 13.8 Å². The normalized spacial score (nSPS) is 11.6. The van der Waals surface area contributed by atoms with Gasteiger partial charge in [0.05, 0.1) is 5.69 Å². The molecule has 0 unspecified atom stereocenters. The van der Waals surface area contributed by atoms with E-state index in [2.05, 4.69) is 15.0 Å². The first-order valence-corrected chi connectivity index (χ1v) is 9.02. The topological polar surface area (TPSA) is 64.4 Å². The molecule has 3 aromatic rings. The van der Waals surface area contributed by atoms with Crippen LogP contribution in [0.15, 0.2) is 52.9 Å². The second kappa shape index (κ2) is 8.56. The number of carbonyl (C=O) groups is 1. The SMILES string of the molecule is CCC(F)(F)c1cccc(NC(=O)c2oc(-c3ccc(OC(F)F)cc3)nc2C)c1. The van der Waals surface area contributed by atoms with Crippen molar-refractivity contribution < 1.29 is 31.5 Å². The minimum Gasteiger partial charge on any atom is -0.435 e. The predicted octanol–water partition coefficient (Wildman–Crippen LogP) is 6.01. The fraction of sp³-hybridized carbons (Fsp3) is 0.238. The molecule has 158 valence electrons. The molecule has 0 saturated carbocycles. The Balaban J connectivity index is 1.78. The lowest BCUT2D eigenvalue weighted by molar-refractivity contribution is -0.0498. The van der Waals surface area contributed by atoms with Crippen LogP contribution in [0.5, 0.6) is 5.75 Å². The molecular weight excluding hydrogens is 404 g/mol. The molecule has 1 amide bonds. The van der Waals surface area contributed by atoms with Crippen molar-refractivity contribution in [2.45, 2.75) is 32.8 Å². The van der Waals surface area contributed by atoms with Gasteiger partial charge in [0.2, 0.25) is 11.7 Å². The van der Waals surface area contributed by atoms with E-state index in [0.717, 1.165) is 0 Å². The molecular formula is C21H18F4N2O3. The van der Waals surface area contributed by atoms with Crippen LogP contribution in [-0.2, 0) is 5.92 Å². The van der Waals surface area contributed by atoms with Crippen LogP contribution in [0.25, 0.3) is 11.5 Å². The Labute approximate surface area is 169 Å². The molecule has 0 bridgehead atoms. The largest absolute Gasteiger partial charge is 0.435 e. The molecule has 1 aromatic heterocycles. The molecule has 30 heavy (non-hydrogen) atoms. The minimum absolute atomic E-state index is 0.0289. The number of hydrogen-bond acceptors (Lipinski definition) is 4. The molecule has 0 fully saturated rings. The Morgan fingerprint density at radius 1 is 1.20 bits per heavy atom. The maximum absolute atomic E-state index is 13.9. The molecule has 0 spiro atoms. The van der Waals surface area contributed by atoms with Crippen LogP contribution < -0.4 is 10.1 Å². The van der Waals surface area contributed by atoms with E-state index in [4.69, 9.17) is 4.42 Å². The fourth-order valence-electron chi connectivity index (χ4n) is 2.73. The number of aromatic nitrogens is 1. The summed E-state index contributed by atoms with van der Waals surface area (Å²) in [6.07, 6.45) is -0.365. The van der Waals surface area contributed by atoms with Gasteiger partial charge in [-0.05, 0) is 43.3 Å². The number of ether oxygens (including phenoxy) is 1. The molecule has 0 aliphatic carbocycles. The van der Waals surface area contributed by atoms with Gasteiger partial charge < -0.3 is 14.5 Å². The molecule has 0 aliphatic heterocycles. The minimum atomic E-state index is -3.00. The van der Waals surface area contributed by atoms with Crippen LogP contribution in [0.4, 0.5) is 23.2 Å². The third-order valence-electron chi connectivity index (χ3n) is 4.32. The lowest BCUT2D eigenvalue weighted by atomic mass is 10.1. The maximum atomic E-state index is 13.9. The second-order valence-corrected chi connectivity index (χ2v) is 6.43. The summed E-state index contributed by atoms with van der Waals surface area (Å²) in [4.78, 5) is 16.7. The summed E-state index contributed by atoms with van der Waals surface area (Å²) in [6.45, 7) is -0.0137. The molecule has 2 aromatic carbocycles. The van der Waals surface area contributed by atoms with Crippen molar-refractivity contribution in [1.82, 2.24) is 4.98 Å². The van der Waals surface area contributed by atoms with Crippen LogP contribution in [-0.4, -0.2) is 17.5 Å². The van der Waals surface area contributed by atoms with Crippen molar-refractivity contribution in [3.05, 3.63) is 65.5 Å². The van der Waals surface area contributed by atoms with Gasteiger partial charge in [0, 0.05) is 23.2 Å². The number of amides is 1. The van der Waals surface area contributed by atoms with Crippen molar-refractivity contribution in [2.24, 2.45) is 0 Å². The van der Waals surface area contributed by atoms with Gasteiger partial charge in [0.25, 0.3) is 11.8 Å². The van der Waals surface area contributed by atoms with E-state index in [1.807, 2.05) is 0 Å². The first-order chi connectivity index (χ1) is 14.2. The summed E-state index contributed by atoms with van der Waals surface area (Å²) in [5.74, 6) is -3.67. The Morgan fingerprint density at radius 3 is 2.53 bits per heavy atom. The molecule has 0 saturated heterocycles. The van der Waals surface area contributed by atoms with Crippen molar-refractivity contribution in [3.63, 3.8) is 0 Å². The number of carbonyl (C=O) groups excluding carboxylic acids is 1. The zero-order valence-corrected chi connectivity index (χ0v) is 16.1. The average Bonchev–Trinajstić information content (AvgIpc) is 3.10. The average molecular weight is 422 g/mol. The number of halogens is 4. The number of rotatable bonds is 7. The standard InChI is InChI=1S/C21H18F4N2O3/c1-3-21(24,25)14-5-4-6-15(11-14)27-18(28)17-12(2)26-19(30-17)13-7-9-16(10-8-13)29-20(22)23/h4-11,20H,3H2,1-2H3,(H,27,28). The van der Waals surface area contributed by atoms with E-state index in [9.17, 15) is 22.4 Å². The van der Waals surface area contributed by atoms with Gasteiger partial charge in [-0.3, -0.25) is 4.79 Å². The van der Waals surface area contributed by atoms with Crippen molar-refractivity contribution >= 4 is 11.6 Å². The number of alkyl halides is 4. The number of aryl methyl sites for hydroxylation is 1. The molecule has 3 rings (SSSR count). The van der Waals surface area contributed by atoms with Crippen LogP contribution in [0, 0.1) is 6.92 Å². The highest BCUT2D eigenvalue weighted by Gasteiger charge is 2.29. The smallest absolute Gasteiger partial charge is 0.387 e. The van der Waals surface area contributed by atoms with Gasteiger partial charge in [0.1, 0.15) is 5.75 Å². The van der Waals surface area contributed by atoms with E-state index in [1.165, 1.54) is 55.5 Å². The van der Waals surface area contributed by atoms with Gasteiger partial charge in [0.15, 0.2) is 0 Å². The van der Waals surface area contributed by atoms with E-state index >= 15 is 0 Å². The fourth-order valence-corrected chi connectivity index (χ4v) is 2.73. The van der Waals surface area contributed by atoms with E-state index in [1.54, 1.807) is 6.92 Å². The van der Waals surface area contributed by atoms with Gasteiger partial charge in [-0.2, -0.15) is 8.78 Å². The van der Waals surface area contributed by atoms with Crippen molar-refractivity contribution in [3.8, 4) is 17.2 Å². The van der Waals surface area contributed by atoms with E-state index in [-0.39, 0.29) is 40.8 Å². The number of oxazole rings is 1. The zero-order valence-electron chi connectivity index (χ0n) is 16.1. The maximum Gasteiger partial charge on any atom is 0.387 e. The van der Waals surface area contributed by atoms with E-state index in [0.29, 0.717) is 5.56 Å². The molecule has 9 heteroatoms. The summed E-state index contributed by atoms with van der Waals surface area (Å²) < 4.78 is 62.0. The quantitative estimate of drug-likeness (QED) is 0.474. The van der Waals surface area contributed by atoms with Gasteiger partial charge in [-0.1, -0.05) is 19.1 Å². The van der Waals surface area contributed by atoms with Crippen molar-refractivity contribution in [1.29, 1.82) is 0 Å². The van der Waals surface area contributed by atoms with Gasteiger partial charge >= 0.3 is 6.61 Å². The van der Waals surface area contributed by atoms with Crippen LogP contribution >= 0.6 is 0 Å². The number of nitrogens with one attached hydrogen (secondary N) is 1. The third-order valence-corrected chi connectivity index (χ3v) is 4.32. The lowest BCUT2D eigenvalue weighted by Crippen LogP contribution is -2.15. The van der Waals surface area contributed by atoms with Crippen LogP contribution in [0.2, 0.25) is 0 Å². The van der Waals surface area contributed by atoms with Crippen LogP contribution in [0.1, 0.15) is 35.2 Å². The number of anilines is 1. The highest BCUT2D eigenvalue weighted by atomic mass is 19.3. The Hall–Kier alpha value is -3.36. The third kappa shape index (κ3) is 4.79. The van der Waals surface area contributed by atoms with Crippen LogP contribution in [0.3, 0.4) is 0 Å². The Morgan fingerprint density at radius 2 is 1.90 bits per heavy atom. The number of nitrogens with zero attached hydrogens (tertiary/aromatic N) is 1. The Kier molecular flexibility index (Phi) is 6.09. The molecule has 5 nitrogen and oxygen atoms in total. The number of hydrogen-bond donors (Lipinski definition) is 1. The first kappa shape index (κ1) is 21.4. The van der Waals surface area contributed by atoms with Crippen molar-refractivity contribution in [2.75, 3.05) is 5.32 Å². The molecule has 1 heterocycles. The molecule has 0 radical (unpaired) electrons. The summed E-state index contributed by atoms with van der Waals surface area (Å²) in [5.41, 5.74) is 0.717. The monoisotopic (exact) mass is 422 g/mol. The first-order valence-electron chi connectivity index (χ1n) is 9.02. The number of benzene rings is 2. The molecule has 0 atom stereocenters. The molecule has 0 aliphatic rings.